The lowest BCUT2D eigenvalue weighted by atomic mass is 9.93. The molecule has 0 aliphatic carbocycles. The summed E-state index contributed by atoms with van der Waals surface area (Å²) in [6.45, 7) is 9.17. The first-order valence-corrected chi connectivity index (χ1v) is 10.2. The van der Waals surface area contributed by atoms with Gasteiger partial charge in [-0.05, 0) is 38.2 Å². The van der Waals surface area contributed by atoms with Crippen molar-refractivity contribution in [3.05, 3.63) is 23.3 Å². The van der Waals surface area contributed by atoms with Gasteiger partial charge in [0.25, 0.3) is 5.78 Å². The Bertz CT molecular complexity index is 894. The van der Waals surface area contributed by atoms with E-state index in [1.807, 2.05) is 27.7 Å². The number of aromatic nitrogens is 4. The highest BCUT2D eigenvalue weighted by Crippen LogP contribution is 2.20. The molecule has 158 valence electrons. The summed E-state index contributed by atoms with van der Waals surface area (Å²) in [5.41, 5.74) is 2.76. The quantitative estimate of drug-likeness (QED) is 0.734. The van der Waals surface area contributed by atoms with Crippen LogP contribution in [0.25, 0.3) is 5.78 Å². The van der Waals surface area contributed by atoms with Gasteiger partial charge in [-0.2, -0.15) is 10.1 Å². The summed E-state index contributed by atoms with van der Waals surface area (Å²) in [5, 5.41) is 17.3. The van der Waals surface area contributed by atoms with Crippen molar-refractivity contribution in [2.75, 3.05) is 19.6 Å². The number of carbonyl (C=O) groups is 2. The monoisotopic (exact) mass is 402 g/mol. The fraction of sp³-hybridized carbons (Fsp3) is 0.650. The maximum Gasteiger partial charge on any atom is 0.252 e. The van der Waals surface area contributed by atoms with Crippen LogP contribution in [0, 0.1) is 25.7 Å². The van der Waals surface area contributed by atoms with Crippen molar-refractivity contribution in [1.29, 1.82) is 0 Å². The normalized spacial score (nSPS) is 19.7. The Morgan fingerprint density at radius 2 is 2.10 bits per heavy atom. The number of aliphatic hydroxyl groups is 1. The van der Waals surface area contributed by atoms with Crippen LogP contribution in [0.4, 0.5) is 0 Å². The Morgan fingerprint density at radius 1 is 1.34 bits per heavy atom. The molecule has 2 aromatic heterocycles. The summed E-state index contributed by atoms with van der Waals surface area (Å²) in [7, 11) is 0. The molecule has 1 fully saturated rings. The topological polar surface area (TPSA) is 113 Å². The number of piperidine rings is 1. The predicted molar refractivity (Wildman–Crippen MR) is 107 cm³/mol. The van der Waals surface area contributed by atoms with Crippen LogP contribution in [0.2, 0.25) is 0 Å². The maximum absolute atomic E-state index is 12.8. The number of aliphatic hydroxyl groups excluding tert-OH is 1. The van der Waals surface area contributed by atoms with Crippen LogP contribution in [0.15, 0.2) is 6.33 Å². The van der Waals surface area contributed by atoms with E-state index in [4.69, 9.17) is 0 Å². The van der Waals surface area contributed by atoms with Crippen molar-refractivity contribution in [3.8, 4) is 0 Å². The predicted octanol–water partition coefficient (Wildman–Crippen LogP) is 0.655. The van der Waals surface area contributed by atoms with Crippen LogP contribution in [0.3, 0.4) is 0 Å². The number of nitrogens with zero attached hydrogens (tertiary/aromatic N) is 5. The van der Waals surface area contributed by atoms with E-state index in [-0.39, 0.29) is 18.4 Å². The van der Waals surface area contributed by atoms with Gasteiger partial charge in [0.2, 0.25) is 11.8 Å². The summed E-state index contributed by atoms with van der Waals surface area (Å²) in [6.07, 6.45) is 2.03. The van der Waals surface area contributed by atoms with Crippen LogP contribution in [0.5, 0.6) is 0 Å². The number of rotatable bonds is 6. The first kappa shape index (κ1) is 21.2. The minimum Gasteiger partial charge on any atom is -0.392 e. The molecule has 1 aliphatic rings. The van der Waals surface area contributed by atoms with Crippen molar-refractivity contribution in [2.24, 2.45) is 11.8 Å². The third-order valence-electron chi connectivity index (χ3n) is 5.53. The molecule has 0 unspecified atom stereocenters. The fourth-order valence-corrected chi connectivity index (χ4v) is 3.77. The van der Waals surface area contributed by atoms with E-state index in [2.05, 4.69) is 20.4 Å². The van der Waals surface area contributed by atoms with Crippen LogP contribution in [-0.4, -0.2) is 67.1 Å². The number of likely N-dealkylation sites (tertiary alicyclic amines) is 1. The second kappa shape index (κ2) is 8.86. The van der Waals surface area contributed by atoms with Gasteiger partial charge >= 0.3 is 0 Å². The van der Waals surface area contributed by atoms with Gasteiger partial charge in [0.1, 0.15) is 6.33 Å². The van der Waals surface area contributed by atoms with Gasteiger partial charge < -0.3 is 15.3 Å². The van der Waals surface area contributed by atoms with E-state index in [1.165, 1.54) is 6.33 Å². The highest BCUT2D eigenvalue weighted by atomic mass is 16.3. The molecule has 0 aromatic carbocycles. The molecule has 1 aliphatic heterocycles. The molecule has 2 atom stereocenters. The zero-order chi connectivity index (χ0) is 21.1. The highest BCUT2D eigenvalue weighted by molar-refractivity contribution is 5.82. The lowest BCUT2D eigenvalue weighted by Crippen LogP contribution is -2.52. The molecule has 3 heterocycles. The Kier molecular flexibility index (Phi) is 6.46. The smallest absolute Gasteiger partial charge is 0.252 e. The van der Waals surface area contributed by atoms with Crippen molar-refractivity contribution in [2.45, 2.75) is 53.1 Å². The molecule has 2 N–H and O–H groups in total. The van der Waals surface area contributed by atoms with Gasteiger partial charge in [-0.3, -0.25) is 9.59 Å². The van der Waals surface area contributed by atoms with Gasteiger partial charge in [-0.1, -0.05) is 13.8 Å². The van der Waals surface area contributed by atoms with Crippen molar-refractivity contribution >= 4 is 17.6 Å². The Labute approximate surface area is 170 Å². The molecule has 1 saturated heterocycles. The summed E-state index contributed by atoms with van der Waals surface area (Å²) < 4.78 is 1.68. The average Bonchev–Trinajstić information content (AvgIpc) is 3.14. The number of aryl methyl sites for hydroxylation is 2. The minimum atomic E-state index is -0.713. The lowest BCUT2D eigenvalue weighted by molar-refractivity contribution is -0.140. The van der Waals surface area contributed by atoms with E-state index in [0.29, 0.717) is 44.0 Å². The second-order valence-corrected chi connectivity index (χ2v) is 8.17. The molecule has 9 heteroatoms. The molecule has 0 spiro atoms. The van der Waals surface area contributed by atoms with Gasteiger partial charge in [0.05, 0.1) is 12.0 Å². The minimum absolute atomic E-state index is 0.0175. The van der Waals surface area contributed by atoms with Crippen LogP contribution < -0.4 is 5.32 Å². The van der Waals surface area contributed by atoms with Gasteiger partial charge in [0.15, 0.2) is 0 Å². The zero-order valence-corrected chi connectivity index (χ0v) is 17.6. The molecule has 29 heavy (non-hydrogen) atoms. The molecule has 0 bridgehead atoms. The standard InChI is InChI=1S/C20H30N6O3/c1-12(2)9-21-19(29)16-10-25(8-7-17(16)27)18(28)6-5-15-13(3)24-20-22-11-23-26(20)14(15)4/h11-12,16-17,27H,5-10H2,1-4H3,(H,21,29)/t16-,17+/m0/s1. The Balaban J connectivity index is 1.63. The molecular formula is C20H30N6O3. The SMILES string of the molecule is Cc1nc2ncnn2c(C)c1CCC(=O)N1CC[C@@H](O)[C@@H](C(=O)NCC(C)C)C1. The summed E-state index contributed by atoms with van der Waals surface area (Å²) in [6, 6.07) is 0. The van der Waals surface area contributed by atoms with Crippen molar-refractivity contribution < 1.29 is 14.7 Å². The van der Waals surface area contributed by atoms with Crippen LogP contribution >= 0.6 is 0 Å². The van der Waals surface area contributed by atoms with E-state index in [0.717, 1.165) is 17.0 Å². The summed E-state index contributed by atoms with van der Waals surface area (Å²) in [5.74, 6) is 0.102. The Hall–Kier alpha value is -2.55. The Morgan fingerprint density at radius 3 is 2.83 bits per heavy atom. The van der Waals surface area contributed by atoms with Gasteiger partial charge in [-0.25, -0.2) is 9.50 Å². The van der Waals surface area contributed by atoms with E-state index >= 15 is 0 Å². The number of nitrogens with one attached hydrogen (secondary N) is 1. The number of hydrogen-bond acceptors (Lipinski definition) is 6. The maximum atomic E-state index is 12.8. The molecule has 3 rings (SSSR count). The van der Waals surface area contributed by atoms with E-state index < -0.39 is 12.0 Å². The first-order chi connectivity index (χ1) is 13.8. The van der Waals surface area contributed by atoms with Crippen LogP contribution in [0.1, 0.15) is 43.6 Å². The molecule has 0 radical (unpaired) electrons. The average molecular weight is 402 g/mol. The number of hydrogen-bond donors (Lipinski definition) is 2. The zero-order valence-electron chi connectivity index (χ0n) is 17.6. The van der Waals surface area contributed by atoms with Gasteiger partial charge in [-0.15, -0.1) is 0 Å². The second-order valence-electron chi connectivity index (χ2n) is 8.17. The fourth-order valence-electron chi connectivity index (χ4n) is 3.77. The van der Waals surface area contributed by atoms with E-state index in [9.17, 15) is 14.7 Å². The highest BCUT2D eigenvalue weighted by Gasteiger charge is 2.34. The number of fused-ring (bicyclic) bond motifs is 1. The van der Waals surface area contributed by atoms with Crippen LogP contribution in [-0.2, 0) is 16.0 Å². The lowest BCUT2D eigenvalue weighted by Gasteiger charge is -2.35. The largest absolute Gasteiger partial charge is 0.392 e. The number of carbonyl (C=O) groups excluding carboxylic acids is 2. The molecule has 2 amide bonds. The molecule has 2 aromatic rings. The summed E-state index contributed by atoms with van der Waals surface area (Å²) >= 11 is 0. The first-order valence-electron chi connectivity index (χ1n) is 10.2. The van der Waals surface area contributed by atoms with Gasteiger partial charge in [0, 0.05) is 37.4 Å². The van der Waals surface area contributed by atoms with E-state index in [1.54, 1.807) is 9.42 Å². The molecule has 0 saturated carbocycles. The third-order valence-corrected chi connectivity index (χ3v) is 5.53. The van der Waals surface area contributed by atoms with Crippen molar-refractivity contribution in [1.82, 2.24) is 29.8 Å². The molecule has 9 nitrogen and oxygen atoms in total. The molecular weight excluding hydrogens is 372 g/mol. The summed E-state index contributed by atoms with van der Waals surface area (Å²) in [4.78, 5) is 35.5. The number of amides is 2. The van der Waals surface area contributed by atoms with Crippen molar-refractivity contribution in [3.63, 3.8) is 0 Å². The third kappa shape index (κ3) is 4.72.